The van der Waals surface area contributed by atoms with Gasteiger partial charge in [0.15, 0.2) is 0 Å². The van der Waals surface area contributed by atoms with Gasteiger partial charge >= 0.3 is 34.2 Å². The summed E-state index contributed by atoms with van der Waals surface area (Å²) in [6.07, 6.45) is 3.87. The minimum absolute atomic E-state index is 0.677. The number of rotatable bonds is 20. The Labute approximate surface area is 439 Å². The van der Waals surface area contributed by atoms with Gasteiger partial charge < -0.3 is 16.5 Å². The molecule has 0 spiro atoms. The van der Waals surface area contributed by atoms with Crippen molar-refractivity contribution >= 4 is 108 Å². The Kier molecular flexibility index (Phi) is 18.5. The highest BCUT2D eigenvalue weighted by Gasteiger charge is 2.57. The van der Waals surface area contributed by atoms with Gasteiger partial charge in [-0.05, 0) is 149 Å². The lowest BCUT2D eigenvalue weighted by Crippen LogP contribution is -2.67. The summed E-state index contributed by atoms with van der Waals surface area (Å²) < 4.78 is 32.4. The van der Waals surface area contributed by atoms with Gasteiger partial charge in [0.1, 0.15) is 0 Å². The van der Waals surface area contributed by atoms with E-state index in [2.05, 4.69) is 269 Å². The molecule has 0 saturated carbocycles. The fourth-order valence-electron chi connectivity index (χ4n) is 10.1. The summed E-state index contributed by atoms with van der Waals surface area (Å²) in [5.41, 5.74) is 0. The van der Waals surface area contributed by atoms with Gasteiger partial charge in [-0.1, -0.05) is 243 Å². The number of benzene rings is 8. The van der Waals surface area contributed by atoms with E-state index in [0.717, 1.165) is 48.8 Å². The van der Waals surface area contributed by atoms with Crippen molar-refractivity contribution in [1.82, 2.24) is 0 Å². The standard InChI is InChI=1S/C60H68O4P4Si4/c1-69(49-45-65(53-29-13-5-14-30-53)54-31-15-6-16-32-54)61-70(2,50-46-66(55-33-17-7-18-34-55)56-35-19-8-20-36-56)63-72(4,52-48-68(59-41-25-11-26-42-59)60-43-27-12-28-44-60)64-71(3,62-69)51-47-67(57-37-21-9-22-38-57)58-39-23-10-24-40-58/h5-44H,45-52H2,1-4H3. The Morgan fingerprint density at radius 2 is 0.347 bits per heavy atom. The van der Waals surface area contributed by atoms with Crippen molar-refractivity contribution in [3.63, 3.8) is 0 Å². The molecule has 72 heavy (non-hydrogen) atoms. The monoisotopic (exact) mass is 1090 g/mol. The highest BCUT2D eigenvalue weighted by Crippen LogP contribution is 2.46. The zero-order chi connectivity index (χ0) is 49.7. The van der Waals surface area contributed by atoms with Crippen LogP contribution in [0.4, 0.5) is 0 Å². The molecule has 1 aliphatic rings. The first kappa shape index (κ1) is 53.0. The predicted octanol–water partition coefficient (Wildman–Crippen LogP) is 12.9. The molecule has 0 aromatic heterocycles. The fourth-order valence-corrected chi connectivity index (χ4v) is 47.7. The van der Waals surface area contributed by atoms with Crippen LogP contribution in [-0.4, -0.2) is 58.9 Å². The van der Waals surface area contributed by atoms with Crippen LogP contribution in [0.3, 0.4) is 0 Å². The SMILES string of the molecule is C[Si]1(CCP(c2ccccc2)c2ccccc2)O[Si](C)(CCP(c2ccccc2)c2ccccc2)O[Si](C)(CCP(c2ccccc2)c2ccccc2)O[Si](C)(CCP(c2ccccc2)c2ccccc2)O1. The van der Waals surface area contributed by atoms with Gasteiger partial charge in [0.25, 0.3) is 0 Å². The normalized spacial score (nSPS) is 21.4. The zero-order valence-corrected chi connectivity index (χ0v) is 49.8. The second-order valence-electron chi connectivity index (χ2n) is 19.2. The summed E-state index contributed by atoms with van der Waals surface area (Å²) in [6, 6.07) is 92.5. The maximum absolute atomic E-state index is 8.11. The molecule has 0 aliphatic carbocycles. The smallest absolute Gasteiger partial charge is 0.317 e. The first-order valence-corrected chi connectivity index (χ1v) is 41.6. The van der Waals surface area contributed by atoms with Crippen molar-refractivity contribution in [2.75, 3.05) is 24.6 Å². The topological polar surface area (TPSA) is 36.9 Å². The quantitative estimate of drug-likeness (QED) is 0.0563. The van der Waals surface area contributed by atoms with Crippen LogP contribution in [-0.2, 0) is 16.5 Å². The summed E-state index contributed by atoms with van der Waals surface area (Å²) in [7, 11) is -15.0. The highest BCUT2D eigenvalue weighted by molar-refractivity contribution is 7.74. The van der Waals surface area contributed by atoms with E-state index < -0.39 is 65.9 Å². The Morgan fingerprint density at radius 1 is 0.222 bits per heavy atom. The van der Waals surface area contributed by atoms with Crippen LogP contribution in [0.15, 0.2) is 243 Å². The maximum Gasteiger partial charge on any atom is 0.317 e. The van der Waals surface area contributed by atoms with Crippen molar-refractivity contribution in [1.29, 1.82) is 0 Å². The number of hydrogen-bond acceptors (Lipinski definition) is 4. The number of hydrogen-bond donors (Lipinski definition) is 0. The summed E-state index contributed by atoms with van der Waals surface area (Å²) in [4.78, 5) is 0. The third-order valence-corrected chi connectivity index (χ3v) is 43.6. The van der Waals surface area contributed by atoms with Crippen LogP contribution in [0.25, 0.3) is 0 Å². The third-order valence-electron chi connectivity index (χ3n) is 13.4. The molecule has 0 amide bonds. The molecule has 0 unspecified atom stereocenters. The molecular formula is C60H68O4P4Si4. The van der Waals surface area contributed by atoms with E-state index in [1.54, 1.807) is 0 Å². The van der Waals surface area contributed by atoms with Crippen molar-refractivity contribution in [3.05, 3.63) is 243 Å². The largest absolute Gasteiger partial charge is 0.416 e. The Morgan fingerprint density at radius 3 is 0.472 bits per heavy atom. The summed E-state index contributed by atoms with van der Waals surface area (Å²) in [6.45, 7) is 9.51. The molecular weight excluding hydrogens is 1020 g/mol. The Hall–Kier alpha value is -3.81. The van der Waals surface area contributed by atoms with Crippen LogP contribution in [0.1, 0.15) is 0 Å². The molecule has 0 radical (unpaired) electrons. The fraction of sp³-hybridized carbons (Fsp3) is 0.200. The Balaban J connectivity index is 1.12. The summed E-state index contributed by atoms with van der Waals surface area (Å²) in [5, 5.41) is 11.1. The van der Waals surface area contributed by atoms with Crippen LogP contribution in [0.5, 0.6) is 0 Å². The molecule has 9 rings (SSSR count). The first-order valence-electron chi connectivity index (χ1n) is 25.4. The van der Waals surface area contributed by atoms with E-state index in [0.29, 0.717) is 0 Å². The van der Waals surface area contributed by atoms with Crippen molar-refractivity contribution in [2.24, 2.45) is 0 Å². The summed E-state index contributed by atoms with van der Waals surface area (Å²) in [5.74, 6) is 0. The van der Waals surface area contributed by atoms with E-state index in [1.165, 1.54) is 42.4 Å². The van der Waals surface area contributed by atoms with Crippen molar-refractivity contribution < 1.29 is 16.5 Å². The average Bonchev–Trinajstić information content (AvgIpc) is 3.41. The zero-order valence-electron chi connectivity index (χ0n) is 42.2. The van der Waals surface area contributed by atoms with Gasteiger partial charge in [-0.2, -0.15) is 0 Å². The average molecular weight is 1090 g/mol. The molecule has 368 valence electrons. The van der Waals surface area contributed by atoms with E-state index in [1.807, 2.05) is 0 Å². The Bertz CT molecular complexity index is 2290. The summed E-state index contributed by atoms with van der Waals surface area (Å²) >= 11 is 0. The molecule has 0 bridgehead atoms. The third kappa shape index (κ3) is 14.3. The van der Waals surface area contributed by atoms with Gasteiger partial charge in [0.2, 0.25) is 0 Å². The highest BCUT2D eigenvalue weighted by atomic mass is 31.1. The molecule has 1 aliphatic heterocycles. The molecule has 1 fully saturated rings. The van der Waals surface area contributed by atoms with Gasteiger partial charge in [0, 0.05) is 0 Å². The second kappa shape index (κ2) is 25.1. The molecule has 1 heterocycles. The van der Waals surface area contributed by atoms with E-state index in [-0.39, 0.29) is 0 Å². The molecule has 12 heteroatoms. The van der Waals surface area contributed by atoms with Crippen molar-refractivity contribution in [2.45, 2.75) is 50.4 Å². The second-order valence-corrected chi connectivity index (χ2v) is 42.9. The minimum Gasteiger partial charge on any atom is -0.416 e. The lowest BCUT2D eigenvalue weighted by atomic mass is 10.4. The molecule has 0 atom stereocenters. The minimum atomic E-state index is -3.06. The van der Waals surface area contributed by atoms with Crippen LogP contribution < -0.4 is 42.4 Å². The van der Waals surface area contributed by atoms with E-state index in [9.17, 15) is 0 Å². The van der Waals surface area contributed by atoms with Gasteiger partial charge in [-0.3, -0.25) is 0 Å². The van der Waals surface area contributed by atoms with Crippen LogP contribution >= 0.6 is 31.7 Å². The van der Waals surface area contributed by atoms with Gasteiger partial charge in [-0.25, -0.2) is 0 Å². The first-order chi connectivity index (χ1) is 35.1. The lowest BCUT2D eigenvalue weighted by Gasteiger charge is -2.51. The van der Waals surface area contributed by atoms with E-state index in [4.69, 9.17) is 16.5 Å². The van der Waals surface area contributed by atoms with E-state index >= 15 is 0 Å². The molecule has 0 N–H and O–H groups in total. The van der Waals surface area contributed by atoms with Crippen LogP contribution in [0.2, 0.25) is 50.4 Å². The van der Waals surface area contributed by atoms with Gasteiger partial charge in [-0.15, -0.1) is 0 Å². The van der Waals surface area contributed by atoms with Gasteiger partial charge in [0.05, 0.1) is 0 Å². The predicted molar refractivity (Wildman–Crippen MR) is 326 cm³/mol. The van der Waals surface area contributed by atoms with Crippen LogP contribution in [0, 0.1) is 0 Å². The lowest BCUT2D eigenvalue weighted by molar-refractivity contribution is 0.226. The molecule has 8 aromatic carbocycles. The maximum atomic E-state index is 8.11. The molecule has 1 saturated heterocycles. The molecule has 8 aromatic rings. The molecule has 4 nitrogen and oxygen atoms in total. The van der Waals surface area contributed by atoms with Crippen molar-refractivity contribution in [3.8, 4) is 0 Å².